The first kappa shape index (κ1) is 17.6. The zero-order valence-electron chi connectivity index (χ0n) is 15.4. The standard InChI is InChI=1S/C23H30N2/c1-3-16(2)17-4-6-18(7-5-17)23(19-8-12-21(24)13-9-19)20-10-14-22(25)15-11-20/h4,6,8-10,12-16,20,23H,3,5,7,11,24-25H2,1-2H3. The minimum atomic E-state index is 0.399. The Balaban J connectivity index is 1.92. The van der Waals surface area contributed by atoms with Gasteiger partial charge in [-0.05, 0) is 61.3 Å². The minimum absolute atomic E-state index is 0.399. The van der Waals surface area contributed by atoms with E-state index in [-0.39, 0.29) is 0 Å². The monoisotopic (exact) mass is 334 g/mol. The molecule has 25 heavy (non-hydrogen) atoms. The van der Waals surface area contributed by atoms with Crippen molar-refractivity contribution < 1.29 is 0 Å². The molecule has 0 aliphatic heterocycles. The van der Waals surface area contributed by atoms with Crippen LogP contribution in [0.5, 0.6) is 0 Å². The molecule has 0 aromatic heterocycles. The predicted molar refractivity (Wildman–Crippen MR) is 108 cm³/mol. The number of allylic oxidation sites excluding steroid dienone is 7. The van der Waals surface area contributed by atoms with Crippen molar-refractivity contribution >= 4 is 5.69 Å². The van der Waals surface area contributed by atoms with Crippen LogP contribution in [-0.2, 0) is 0 Å². The molecule has 1 aromatic carbocycles. The Morgan fingerprint density at radius 3 is 2.28 bits per heavy atom. The van der Waals surface area contributed by atoms with Gasteiger partial charge in [0.25, 0.3) is 0 Å². The molecule has 2 heteroatoms. The predicted octanol–water partition coefficient (Wildman–Crippen LogP) is 5.46. The molecule has 0 amide bonds. The number of nitrogen functional groups attached to an aromatic ring is 1. The summed E-state index contributed by atoms with van der Waals surface area (Å²) < 4.78 is 0. The van der Waals surface area contributed by atoms with Gasteiger partial charge in [-0.25, -0.2) is 0 Å². The fraction of sp³-hybridized carbons (Fsp3) is 0.391. The van der Waals surface area contributed by atoms with Crippen molar-refractivity contribution in [1.82, 2.24) is 0 Å². The molecule has 3 rings (SSSR count). The van der Waals surface area contributed by atoms with Gasteiger partial charge in [-0.1, -0.05) is 61.4 Å². The number of hydrogen-bond acceptors (Lipinski definition) is 2. The van der Waals surface area contributed by atoms with E-state index in [2.05, 4.69) is 56.4 Å². The Labute approximate surface area is 152 Å². The van der Waals surface area contributed by atoms with Crippen LogP contribution in [0.1, 0.15) is 51.0 Å². The summed E-state index contributed by atoms with van der Waals surface area (Å²) in [5.74, 6) is 1.54. The number of hydrogen-bond donors (Lipinski definition) is 2. The van der Waals surface area contributed by atoms with Gasteiger partial charge in [0, 0.05) is 17.3 Å². The maximum atomic E-state index is 5.93. The third kappa shape index (κ3) is 4.07. The van der Waals surface area contributed by atoms with Gasteiger partial charge in [-0.15, -0.1) is 0 Å². The summed E-state index contributed by atoms with van der Waals surface area (Å²) in [6, 6.07) is 8.40. The average Bonchev–Trinajstić information content (AvgIpc) is 2.65. The van der Waals surface area contributed by atoms with Gasteiger partial charge in [0.05, 0.1) is 0 Å². The highest BCUT2D eigenvalue weighted by molar-refractivity contribution is 5.44. The smallest absolute Gasteiger partial charge is 0.0314 e. The molecule has 4 N–H and O–H groups in total. The third-order valence-electron chi connectivity index (χ3n) is 5.74. The van der Waals surface area contributed by atoms with E-state index in [0.29, 0.717) is 17.8 Å². The fourth-order valence-electron chi connectivity index (χ4n) is 3.94. The number of benzene rings is 1. The Morgan fingerprint density at radius 2 is 1.72 bits per heavy atom. The van der Waals surface area contributed by atoms with E-state index in [1.807, 2.05) is 12.1 Å². The fourth-order valence-corrected chi connectivity index (χ4v) is 3.94. The molecule has 1 aromatic rings. The molecule has 0 saturated carbocycles. The molecule has 2 nitrogen and oxygen atoms in total. The van der Waals surface area contributed by atoms with Gasteiger partial charge >= 0.3 is 0 Å². The van der Waals surface area contributed by atoms with Gasteiger partial charge in [0.15, 0.2) is 0 Å². The topological polar surface area (TPSA) is 52.0 Å². The molecule has 3 unspecified atom stereocenters. The number of rotatable bonds is 5. The zero-order chi connectivity index (χ0) is 17.8. The maximum absolute atomic E-state index is 5.93. The second-order valence-corrected chi connectivity index (χ2v) is 7.40. The summed E-state index contributed by atoms with van der Waals surface area (Å²) in [6.45, 7) is 4.60. The quantitative estimate of drug-likeness (QED) is 0.702. The Morgan fingerprint density at radius 1 is 1.04 bits per heavy atom. The SMILES string of the molecule is CCC(C)C1=CC=C(C(c2ccc(N)cc2)C2C=CC(N)=CC2)CC1. The first-order chi connectivity index (χ1) is 12.1. The Kier molecular flexibility index (Phi) is 5.47. The molecule has 3 atom stereocenters. The lowest BCUT2D eigenvalue weighted by Crippen LogP contribution is -2.18. The van der Waals surface area contributed by atoms with E-state index in [1.54, 1.807) is 5.57 Å². The van der Waals surface area contributed by atoms with Crippen molar-refractivity contribution in [1.29, 1.82) is 0 Å². The maximum Gasteiger partial charge on any atom is 0.0314 e. The van der Waals surface area contributed by atoms with Gasteiger partial charge < -0.3 is 11.5 Å². The molecule has 2 aliphatic carbocycles. The van der Waals surface area contributed by atoms with Crippen LogP contribution in [0.3, 0.4) is 0 Å². The first-order valence-electron chi connectivity index (χ1n) is 9.47. The van der Waals surface area contributed by atoms with Crippen molar-refractivity contribution in [3.8, 4) is 0 Å². The highest BCUT2D eigenvalue weighted by Crippen LogP contribution is 2.41. The lowest BCUT2D eigenvalue weighted by molar-refractivity contribution is 0.534. The van der Waals surface area contributed by atoms with Crippen molar-refractivity contribution in [2.75, 3.05) is 5.73 Å². The van der Waals surface area contributed by atoms with E-state index in [4.69, 9.17) is 11.5 Å². The lowest BCUT2D eigenvalue weighted by atomic mass is 9.73. The average molecular weight is 335 g/mol. The van der Waals surface area contributed by atoms with Crippen molar-refractivity contribution in [3.05, 3.63) is 77.1 Å². The second-order valence-electron chi connectivity index (χ2n) is 7.40. The van der Waals surface area contributed by atoms with Crippen LogP contribution in [0.15, 0.2) is 71.5 Å². The van der Waals surface area contributed by atoms with Crippen LogP contribution in [0, 0.1) is 11.8 Å². The van der Waals surface area contributed by atoms with E-state index in [0.717, 1.165) is 24.2 Å². The molecule has 0 fully saturated rings. The molecule has 0 bridgehead atoms. The summed E-state index contributed by atoms with van der Waals surface area (Å²) in [5, 5.41) is 0. The molecule has 0 heterocycles. The third-order valence-corrected chi connectivity index (χ3v) is 5.74. The first-order valence-corrected chi connectivity index (χ1v) is 9.47. The highest BCUT2D eigenvalue weighted by atomic mass is 14.6. The second kappa shape index (κ2) is 7.77. The van der Waals surface area contributed by atoms with Gasteiger partial charge in [-0.2, -0.15) is 0 Å². The van der Waals surface area contributed by atoms with Crippen molar-refractivity contribution in [2.45, 2.75) is 45.4 Å². The minimum Gasteiger partial charge on any atom is -0.399 e. The van der Waals surface area contributed by atoms with Crippen LogP contribution < -0.4 is 11.5 Å². The largest absolute Gasteiger partial charge is 0.399 e. The van der Waals surface area contributed by atoms with Crippen LogP contribution in [0.4, 0.5) is 5.69 Å². The van der Waals surface area contributed by atoms with Crippen molar-refractivity contribution in [3.63, 3.8) is 0 Å². The number of anilines is 1. The molecule has 132 valence electrons. The Bertz CT molecular complexity index is 719. The lowest BCUT2D eigenvalue weighted by Gasteiger charge is -2.31. The summed E-state index contributed by atoms with van der Waals surface area (Å²) in [7, 11) is 0. The summed E-state index contributed by atoms with van der Waals surface area (Å²) in [5.41, 5.74) is 18.0. The van der Waals surface area contributed by atoms with E-state index < -0.39 is 0 Å². The van der Waals surface area contributed by atoms with Crippen LogP contribution in [-0.4, -0.2) is 0 Å². The summed E-state index contributed by atoms with van der Waals surface area (Å²) in [6.07, 6.45) is 15.8. The van der Waals surface area contributed by atoms with Crippen LogP contribution in [0.2, 0.25) is 0 Å². The van der Waals surface area contributed by atoms with E-state index >= 15 is 0 Å². The molecular weight excluding hydrogens is 304 g/mol. The Hall–Kier alpha value is -2.22. The van der Waals surface area contributed by atoms with Crippen LogP contribution in [0.25, 0.3) is 0 Å². The van der Waals surface area contributed by atoms with E-state index in [1.165, 1.54) is 24.0 Å². The molecule has 2 aliphatic rings. The number of nitrogens with two attached hydrogens (primary N) is 2. The van der Waals surface area contributed by atoms with Crippen LogP contribution >= 0.6 is 0 Å². The molecular formula is C23H30N2. The van der Waals surface area contributed by atoms with Gasteiger partial charge in [-0.3, -0.25) is 0 Å². The highest BCUT2D eigenvalue weighted by Gasteiger charge is 2.27. The summed E-state index contributed by atoms with van der Waals surface area (Å²) in [4.78, 5) is 0. The molecule has 0 saturated heterocycles. The van der Waals surface area contributed by atoms with Gasteiger partial charge in [0.1, 0.15) is 0 Å². The summed E-state index contributed by atoms with van der Waals surface area (Å²) >= 11 is 0. The normalized spacial score (nSPS) is 22.6. The van der Waals surface area contributed by atoms with Crippen molar-refractivity contribution in [2.24, 2.45) is 17.6 Å². The van der Waals surface area contributed by atoms with Gasteiger partial charge in [0.2, 0.25) is 0 Å². The van der Waals surface area contributed by atoms with E-state index in [9.17, 15) is 0 Å². The molecule has 0 spiro atoms. The molecule has 0 radical (unpaired) electrons. The zero-order valence-corrected chi connectivity index (χ0v) is 15.4.